The molecule has 1 N–H and O–H groups in total. The van der Waals surface area contributed by atoms with E-state index in [-0.39, 0.29) is 17.7 Å². The topological polar surface area (TPSA) is 57.6 Å². The molecule has 1 unspecified atom stereocenters. The van der Waals surface area contributed by atoms with Crippen LogP contribution in [0.5, 0.6) is 0 Å². The third-order valence-corrected chi connectivity index (χ3v) is 2.81. The van der Waals surface area contributed by atoms with Gasteiger partial charge in [0, 0.05) is 19.4 Å². The average molecular weight is 213 g/mol. The van der Waals surface area contributed by atoms with E-state index in [1.165, 1.54) is 4.90 Å². The minimum Gasteiger partial charge on any atom is -0.393 e. The molecular formula is C11H19NO3. The van der Waals surface area contributed by atoms with Crippen LogP contribution in [0.4, 0.5) is 0 Å². The molecule has 4 nitrogen and oxygen atoms in total. The highest BCUT2D eigenvalue weighted by molar-refractivity contribution is 5.97. The van der Waals surface area contributed by atoms with Crippen molar-refractivity contribution >= 4 is 11.8 Å². The zero-order chi connectivity index (χ0) is 11.4. The van der Waals surface area contributed by atoms with Crippen LogP contribution in [0.1, 0.15) is 39.5 Å². The molecular weight excluding hydrogens is 194 g/mol. The molecule has 1 atom stereocenters. The largest absolute Gasteiger partial charge is 0.393 e. The zero-order valence-corrected chi connectivity index (χ0v) is 9.40. The van der Waals surface area contributed by atoms with Gasteiger partial charge < -0.3 is 5.11 Å². The minimum absolute atomic E-state index is 0.0953. The van der Waals surface area contributed by atoms with Crippen molar-refractivity contribution in [1.82, 2.24) is 4.90 Å². The molecule has 0 aromatic heterocycles. The molecule has 0 spiro atoms. The van der Waals surface area contributed by atoms with Gasteiger partial charge in [-0.05, 0) is 18.8 Å². The number of carbonyl (C=O) groups is 2. The number of carbonyl (C=O) groups excluding carboxylic acids is 2. The number of aliphatic hydroxyl groups excluding tert-OH is 1. The van der Waals surface area contributed by atoms with Crippen LogP contribution in [0.3, 0.4) is 0 Å². The van der Waals surface area contributed by atoms with Crippen molar-refractivity contribution in [3.8, 4) is 0 Å². The second-order valence-corrected chi connectivity index (χ2v) is 4.30. The Hall–Kier alpha value is -0.900. The molecule has 0 aromatic carbocycles. The van der Waals surface area contributed by atoms with E-state index < -0.39 is 6.10 Å². The lowest BCUT2D eigenvalue weighted by Gasteiger charge is -2.28. The standard InChI is InChI=1S/C11H19NO3/c1-3-9(13)4-5-12-10(14)6-8(2)7-11(12)15/h8-9,13H,3-7H2,1-2H3. The molecule has 1 aliphatic rings. The van der Waals surface area contributed by atoms with Gasteiger partial charge in [0.1, 0.15) is 0 Å². The zero-order valence-electron chi connectivity index (χ0n) is 9.40. The summed E-state index contributed by atoms with van der Waals surface area (Å²) < 4.78 is 0. The molecule has 15 heavy (non-hydrogen) atoms. The van der Waals surface area contributed by atoms with Crippen LogP contribution < -0.4 is 0 Å². The Morgan fingerprint density at radius 1 is 1.40 bits per heavy atom. The summed E-state index contributed by atoms with van der Waals surface area (Å²) in [6, 6.07) is 0. The molecule has 0 bridgehead atoms. The second-order valence-electron chi connectivity index (χ2n) is 4.30. The van der Waals surface area contributed by atoms with Gasteiger partial charge >= 0.3 is 0 Å². The molecule has 1 fully saturated rings. The van der Waals surface area contributed by atoms with Gasteiger partial charge in [0.25, 0.3) is 0 Å². The molecule has 1 saturated heterocycles. The molecule has 4 heteroatoms. The van der Waals surface area contributed by atoms with Crippen molar-refractivity contribution in [1.29, 1.82) is 0 Å². The van der Waals surface area contributed by atoms with Crippen molar-refractivity contribution in [2.75, 3.05) is 6.54 Å². The maximum Gasteiger partial charge on any atom is 0.229 e. The summed E-state index contributed by atoms with van der Waals surface area (Å²) in [5.74, 6) is -0.0264. The Labute approximate surface area is 90.3 Å². The summed E-state index contributed by atoms with van der Waals surface area (Å²) in [6.45, 7) is 4.15. The molecule has 0 aromatic rings. The van der Waals surface area contributed by atoms with Gasteiger partial charge in [0.2, 0.25) is 11.8 Å². The van der Waals surface area contributed by atoms with Crippen molar-refractivity contribution in [3.63, 3.8) is 0 Å². The number of piperidine rings is 1. The fraction of sp³-hybridized carbons (Fsp3) is 0.818. The first-order valence-corrected chi connectivity index (χ1v) is 5.55. The minimum atomic E-state index is -0.412. The van der Waals surface area contributed by atoms with Crippen LogP contribution in [0.2, 0.25) is 0 Å². The summed E-state index contributed by atoms with van der Waals surface area (Å²) in [5.41, 5.74) is 0. The molecule has 0 aliphatic carbocycles. The summed E-state index contributed by atoms with van der Waals surface area (Å²) in [6.07, 6.45) is 1.64. The van der Waals surface area contributed by atoms with Crippen LogP contribution in [-0.2, 0) is 9.59 Å². The van der Waals surface area contributed by atoms with Crippen molar-refractivity contribution in [2.45, 2.75) is 45.6 Å². The summed E-state index contributed by atoms with van der Waals surface area (Å²) in [4.78, 5) is 24.4. The number of nitrogens with zero attached hydrogens (tertiary/aromatic N) is 1. The lowest BCUT2D eigenvalue weighted by atomic mass is 9.97. The Kier molecular flexibility index (Phi) is 4.27. The summed E-state index contributed by atoms with van der Waals surface area (Å²) >= 11 is 0. The smallest absolute Gasteiger partial charge is 0.229 e. The Bertz CT molecular complexity index is 234. The van der Waals surface area contributed by atoms with Gasteiger partial charge in [0.15, 0.2) is 0 Å². The van der Waals surface area contributed by atoms with Gasteiger partial charge in [-0.1, -0.05) is 13.8 Å². The first kappa shape index (κ1) is 12.2. The van der Waals surface area contributed by atoms with E-state index in [1.54, 1.807) is 0 Å². The molecule has 2 amide bonds. The van der Waals surface area contributed by atoms with Crippen molar-refractivity contribution in [2.24, 2.45) is 5.92 Å². The number of aliphatic hydroxyl groups is 1. The monoisotopic (exact) mass is 213 g/mol. The fourth-order valence-electron chi connectivity index (χ4n) is 1.76. The molecule has 0 saturated carbocycles. The maximum absolute atomic E-state index is 11.5. The van der Waals surface area contributed by atoms with Gasteiger partial charge in [-0.15, -0.1) is 0 Å². The van der Waals surface area contributed by atoms with Crippen molar-refractivity contribution < 1.29 is 14.7 Å². The SMILES string of the molecule is CCC(O)CCN1C(=O)CC(C)CC1=O. The predicted molar refractivity (Wildman–Crippen MR) is 56.0 cm³/mol. The normalized spacial score (nSPS) is 20.9. The van der Waals surface area contributed by atoms with Gasteiger partial charge in [-0.25, -0.2) is 0 Å². The molecule has 1 heterocycles. The van der Waals surface area contributed by atoms with E-state index in [0.29, 0.717) is 32.2 Å². The van der Waals surface area contributed by atoms with Crippen molar-refractivity contribution in [3.05, 3.63) is 0 Å². The van der Waals surface area contributed by atoms with E-state index >= 15 is 0 Å². The number of amides is 2. The van der Waals surface area contributed by atoms with Crippen LogP contribution >= 0.6 is 0 Å². The highest BCUT2D eigenvalue weighted by atomic mass is 16.3. The lowest BCUT2D eigenvalue weighted by Crippen LogP contribution is -2.43. The van der Waals surface area contributed by atoms with E-state index in [2.05, 4.69) is 0 Å². The number of imide groups is 1. The fourth-order valence-corrected chi connectivity index (χ4v) is 1.76. The van der Waals surface area contributed by atoms with Gasteiger partial charge in [-0.3, -0.25) is 14.5 Å². The Morgan fingerprint density at radius 3 is 2.40 bits per heavy atom. The molecule has 1 aliphatic heterocycles. The quantitative estimate of drug-likeness (QED) is 0.707. The van der Waals surface area contributed by atoms with Gasteiger partial charge in [0.05, 0.1) is 6.10 Å². The molecule has 86 valence electrons. The van der Waals surface area contributed by atoms with E-state index in [0.717, 1.165) is 0 Å². The number of likely N-dealkylation sites (tertiary alicyclic amines) is 1. The summed E-state index contributed by atoms with van der Waals surface area (Å²) in [7, 11) is 0. The third-order valence-electron chi connectivity index (χ3n) is 2.81. The molecule has 0 radical (unpaired) electrons. The second kappa shape index (κ2) is 5.26. The summed E-state index contributed by atoms with van der Waals surface area (Å²) in [5, 5.41) is 9.36. The van der Waals surface area contributed by atoms with Crippen LogP contribution in [0.15, 0.2) is 0 Å². The molecule has 1 rings (SSSR count). The van der Waals surface area contributed by atoms with E-state index in [4.69, 9.17) is 0 Å². The van der Waals surface area contributed by atoms with Crippen LogP contribution in [-0.4, -0.2) is 34.5 Å². The van der Waals surface area contributed by atoms with E-state index in [1.807, 2.05) is 13.8 Å². The van der Waals surface area contributed by atoms with Crippen LogP contribution in [0, 0.1) is 5.92 Å². The van der Waals surface area contributed by atoms with Crippen LogP contribution in [0.25, 0.3) is 0 Å². The predicted octanol–water partition coefficient (Wildman–Crippen LogP) is 0.933. The lowest BCUT2D eigenvalue weighted by molar-refractivity contribution is -0.150. The number of rotatable bonds is 4. The first-order valence-electron chi connectivity index (χ1n) is 5.55. The number of hydrogen-bond acceptors (Lipinski definition) is 3. The first-order chi connectivity index (χ1) is 7.04. The highest BCUT2D eigenvalue weighted by Crippen LogP contribution is 2.19. The number of hydrogen-bond donors (Lipinski definition) is 1. The Balaban J connectivity index is 2.46. The maximum atomic E-state index is 11.5. The Morgan fingerprint density at radius 2 is 1.93 bits per heavy atom. The highest BCUT2D eigenvalue weighted by Gasteiger charge is 2.29. The average Bonchev–Trinajstić information content (AvgIpc) is 2.15. The van der Waals surface area contributed by atoms with E-state index in [9.17, 15) is 14.7 Å². The van der Waals surface area contributed by atoms with Gasteiger partial charge in [-0.2, -0.15) is 0 Å². The third kappa shape index (κ3) is 3.30.